The number of nitrogens with one attached hydrogen (secondary N) is 1. The van der Waals surface area contributed by atoms with Crippen molar-refractivity contribution in [3.63, 3.8) is 0 Å². The number of piperazine rings is 1. The molecule has 0 saturated carbocycles. The zero-order valence-corrected chi connectivity index (χ0v) is 21.2. The number of ether oxygens (including phenoxy) is 2. The smallest absolute Gasteiger partial charge is 0.220 e. The predicted octanol–water partition coefficient (Wildman–Crippen LogP) is 4.61. The summed E-state index contributed by atoms with van der Waals surface area (Å²) < 4.78 is 11.0. The molecule has 0 radical (unpaired) electrons. The molecule has 1 heterocycles. The van der Waals surface area contributed by atoms with Crippen LogP contribution in [-0.2, 0) is 11.2 Å². The topological polar surface area (TPSA) is 54.0 Å². The van der Waals surface area contributed by atoms with Crippen molar-refractivity contribution in [1.82, 2.24) is 10.2 Å². The molecule has 0 bridgehead atoms. The summed E-state index contributed by atoms with van der Waals surface area (Å²) in [5.74, 6) is 2.05. The van der Waals surface area contributed by atoms with E-state index in [0.717, 1.165) is 76.3 Å². The molecule has 0 aromatic heterocycles. The molecule has 1 aliphatic carbocycles. The fourth-order valence-corrected chi connectivity index (χ4v) is 5.15. The van der Waals surface area contributed by atoms with Crippen LogP contribution in [0.5, 0.6) is 11.5 Å². The van der Waals surface area contributed by atoms with Gasteiger partial charge in [0.15, 0.2) is 0 Å². The van der Waals surface area contributed by atoms with Crippen molar-refractivity contribution in [2.45, 2.75) is 44.6 Å². The van der Waals surface area contributed by atoms with E-state index in [1.807, 2.05) is 24.3 Å². The fraction of sp³-hybridized carbons (Fsp3) is 0.519. The molecule has 1 fully saturated rings. The lowest BCUT2D eigenvalue weighted by Crippen LogP contribution is -2.46. The maximum atomic E-state index is 12.6. The molecule has 0 spiro atoms. The molecule has 7 heteroatoms. The van der Waals surface area contributed by atoms with Crippen LogP contribution in [0.2, 0.25) is 0 Å². The van der Waals surface area contributed by atoms with Crippen LogP contribution in [0.4, 0.5) is 5.69 Å². The number of unbranched alkanes of at least 4 members (excludes halogenated alkanes) is 1. The van der Waals surface area contributed by atoms with E-state index in [0.29, 0.717) is 6.42 Å². The molecule has 34 heavy (non-hydrogen) atoms. The first kappa shape index (κ1) is 26.2. The summed E-state index contributed by atoms with van der Waals surface area (Å²) in [5, 5.41) is 3.27. The highest BCUT2D eigenvalue weighted by molar-refractivity contribution is 5.85. The second kappa shape index (κ2) is 12.9. The van der Waals surface area contributed by atoms with Crippen molar-refractivity contribution in [3.8, 4) is 11.5 Å². The number of amides is 1. The largest absolute Gasteiger partial charge is 0.496 e. The quantitative estimate of drug-likeness (QED) is 0.523. The van der Waals surface area contributed by atoms with Crippen molar-refractivity contribution < 1.29 is 14.3 Å². The lowest BCUT2D eigenvalue weighted by Gasteiger charge is -2.36. The highest BCUT2D eigenvalue weighted by Crippen LogP contribution is 2.35. The van der Waals surface area contributed by atoms with Gasteiger partial charge in [0.1, 0.15) is 11.5 Å². The Labute approximate surface area is 210 Å². The summed E-state index contributed by atoms with van der Waals surface area (Å²) in [7, 11) is 3.45. The fourth-order valence-electron chi connectivity index (χ4n) is 5.15. The van der Waals surface area contributed by atoms with Gasteiger partial charge in [-0.2, -0.15) is 0 Å². The van der Waals surface area contributed by atoms with Crippen LogP contribution in [0.25, 0.3) is 0 Å². The van der Waals surface area contributed by atoms with E-state index < -0.39 is 0 Å². The van der Waals surface area contributed by atoms with Gasteiger partial charge in [-0.15, -0.1) is 12.4 Å². The van der Waals surface area contributed by atoms with Crippen LogP contribution in [0.1, 0.15) is 49.3 Å². The van der Waals surface area contributed by atoms with Gasteiger partial charge in [-0.3, -0.25) is 9.69 Å². The van der Waals surface area contributed by atoms with E-state index in [1.54, 1.807) is 14.2 Å². The molecule has 1 N–H and O–H groups in total. The number of carbonyl (C=O) groups is 1. The highest BCUT2D eigenvalue weighted by atomic mass is 35.5. The summed E-state index contributed by atoms with van der Waals surface area (Å²) in [6, 6.07) is 14.5. The number of rotatable bonds is 9. The molecule has 1 atom stereocenters. The first-order valence-electron chi connectivity index (χ1n) is 12.2. The Bertz CT molecular complexity index is 931. The molecule has 2 aliphatic rings. The molecule has 6 nitrogen and oxygen atoms in total. The van der Waals surface area contributed by atoms with Crippen molar-refractivity contribution in [3.05, 3.63) is 53.6 Å². The normalized spacial score (nSPS) is 17.9. The molecule has 1 aliphatic heterocycles. The highest BCUT2D eigenvalue weighted by Gasteiger charge is 2.24. The van der Waals surface area contributed by atoms with Gasteiger partial charge in [-0.1, -0.05) is 24.3 Å². The number of methoxy groups -OCH3 is 2. The van der Waals surface area contributed by atoms with Crippen molar-refractivity contribution in [2.24, 2.45) is 0 Å². The number of anilines is 1. The van der Waals surface area contributed by atoms with Gasteiger partial charge in [0, 0.05) is 32.6 Å². The first-order chi connectivity index (χ1) is 16.2. The van der Waals surface area contributed by atoms with Gasteiger partial charge in [0.05, 0.1) is 25.9 Å². The second-order valence-corrected chi connectivity index (χ2v) is 9.00. The Balaban J connectivity index is 0.00000324. The molecule has 2 aromatic rings. The lowest BCUT2D eigenvalue weighted by molar-refractivity contribution is -0.122. The maximum absolute atomic E-state index is 12.6. The second-order valence-electron chi connectivity index (χ2n) is 9.00. The standard InChI is InChI=1S/C27H37N3O3.ClH/c1-32-25-14-8-9-21-22(25)10-7-11-23(21)28-27(31)15-5-6-16-29-17-19-30(20-18-29)24-12-3-4-13-26(24)33-2;/h3-4,8-9,12-14,23H,5-7,10-11,15-20H2,1-2H3,(H,28,31);1H. The van der Waals surface area contributed by atoms with E-state index in [-0.39, 0.29) is 24.4 Å². The minimum atomic E-state index is 0. The van der Waals surface area contributed by atoms with Gasteiger partial charge in [0.25, 0.3) is 0 Å². The number of hydrogen-bond donors (Lipinski definition) is 1. The number of para-hydroxylation sites is 2. The third-order valence-corrected chi connectivity index (χ3v) is 6.95. The Morgan fingerprint density at radius 2 is 1.71 bits per heavy atom. The van der Waals surface area contributed by atoms with Crippen molar-refractivity contribution in [2.75, 3.05) is 51.8 Å². The number of fused-ring (bicyclic) bond motifs is 1. The Morgan fingerprint density at radius 1 is 0.971 bits per heavy atom. The van der Waals surface area contributed by atoms with Crippen LogP contribution in [0.15, 0.2) is 42.5 Å². The van der Waals surface area contributed by atoms with Crippen LogP contribution >= 0.6 is 12.4 Å². The Hall–Kier alpha value is -2.44. The van der Waals surface area contributed by atoms with Crippen molar-refractivity contribution in [1.29, 1.82) is 0 Å². The summed E-state index contributed by atoms with van der Waals surface area (Å²) >= 11 is 0. The van der Waals surface area contributed by atoms with E-state index in [2.05, 4.69) is 33.3 Å². The number of halogens is 1. The minimum Gasteiger partial charge on any atom is -0.496 e. The Morgan fingerprint density at radius 3 is 2.47 bits per heavy atom. The average molecular weight is 488 g/mol. The van der Waals surface area contributed by atoms with E-state index in [1.165, 1.54) is 16.8 Å². The monoisotopic (exact) mass is 487 g/mol. The molecular weight excluding hydrogens is 450 g/mol. The summed E-state index contributed by atoms with van der Waals surface area (Å²) in [6.45, 7) is 5.16. The average Bonchev–Trinajstić information content (AvgIpc) is 2.87. The number of nitrogens with zero attached hydrogens (tertiary/aromatic N) is 2. The summed E-state index contributed by atoms with van der Waals surface area (Å²) in [4.78, 5) is 17.5. The van der Waals surface area contributed by atoms with Crippen LogP contribution in [-0.4, -0.2) is 57.8 Å². The van der Waals surface area contributed by atoms with E-state index in [4.69, 9.17) is 9.47 Å². The zero-order chi connectivity index (χ0) is 23.0. The zero-order valence-electron chi connectivity index (χ0n) is 20.4. The number of carbonyl (C=O) groups excluding carboxylic acids is 1. The van der Waals surface area contributed by atoms with Crippen LogP contribution in [0.3, 0.4) is 0 Å². The third kappa shape index (κ3) is 6.36. The summed E-state index contributed by atoms with van der Waals surface area (Å²) in [6.07, 6.45) is 5.68. The molecule has 4 rings (SSSR count). The van der Waals surface area contributed by atoms with Gasteiger partial charge in [0.2, 0.25) is 5.91 Å². The maximum Gasteiger partial charge on any atom is 0.220 e. The number of hydrogen-bond acceptors (Lipinski definition) is 5. The van der Waals surface area contributed by atoms with Gasteiger partial charge >= 0.3 is 0 Å². The van der Waals surface area contributed by atoms with Crippen LogP contribution in [0, 0.1) is 0 Å². The molecule has 1 saturated heterocycles. The molecule has 2 aromatic carbocycles. The molecule has 1 amide bonds. The Kier molecular flexibility index (Phi) is 9.90. The van der Waals surface area contributed by atoms with Gasteiger partial charge in [-0.05, 0) is 68.0 Å². The van der Waals surface area contributed by atoms with E-state index >= 15 is 0 Å². The molecule has 186 valence electrons. The minimum absolute atomic E-state index is 0. The van der Waals surface area contributed by atoms with Gasteiger partial charge < -0.3 is 19.7 Å². The lowest BCUT2D eigenvalue weighted by atomic mass is 9.87. The van der Waals surface area contributed by atoms with E-state index in [9.17, 15) is 4.79 Å². The SMILES string of the molecule is COc1ccccc1N1CCN(CCCCC(=O)NC2CCCc3c(OC)cccc32)CC1.Cl. The first-order valence-corrected chi connectivity index (χ1v) is 12.2. The molecule has 1 unspecified atom stereocenters. The number of benzene rings is 2. The third-order valence-electron chi connectivity index (χ3n) is 6.95. The van der Waals surface area contributed by atoms with Crippen molar-refractivity contribution >= 4 is 24.0 Å². The summed E-state index contributed by atoms with van der Waals surface area (Å²) in [5.41, 5.74) is 3.66. The van der Waals surface area contributed by atoms with Gasteiger partial charge in [-0.25, -0.2) is 0 Å². The van der Waals surface area contributed by atoms with Crippen LogP contribution < -0.4 is 19.7 Å². The predicted molar refractivity (Wildman–Crippen MR) is 140 cm³/mol. The molecular formula is C27H38ClN3O3.